The molecule has 20 heavy (non-hydrogen) atoms. The van der Waals surface area contributed by atoms with Crippen LogP contribution in [0.4, 0.5) is 0 Å². The number of carbonyl (C=O) groups is 1. The van der Waals surface area contributed by atoms with Crippen molar-refractivity contribution in [1.29, 1.82) is 0 Å². The molecule has 0 bridgehead atoms. The molecule has 5 nitrogen and oxygen atoms in total. The second-order valence-electron chi connectivity index (χ2n) is 6.13. The lowest BCUT2D eigenvalue weighted by molar-refractivity contribution is -0.181. The summed E-state index contributed by atoms with van der Waals surface area (Å²) in [5, 5.41) is 4.97. The standard InChI is InChI=1S/C15H29N3O2/c1-17-9-4-5-14(13-17)6-8-16-15(19)7-11-18-10-2-3-12-20-18/h14H,2-13H2,1H3,(H,16,19)/t14-/m1/s1. The molecule has 0 saturated carbocycles. The van der Waals surface area contributed by atoms with Gasteiger partial charge >= 0.3 is 0 Å². The predicted molar refractivity (Wildman–Crippen MR) is 79.2 cm³/mol. The van der Waals surface area contributed by atoms with Crippen LogP contribution < -0.4 is 5.32 Å². The Hall–Kier alpha value is -0.650. The van der Waals surface area contributed by atoms with Crippen LogP contribution in [0.1, 0.15) is 38.5 Å². The average molecular weight is 283 g/mol. The zero-order chi connectivity index (χ0) is 14.2. The van der Waals surface area contributed by atoms with E-state index in [4.69, 9.17) is 4.84 Å². The van der Waals surface area contributed by atoms with E-state index in [1.165, 1.54) is 32.4 Å². The van der Waals surface area contributed by atoms with Crippen molar-refractivity contribution in [3.8, 4) is 0 Å². The molecule has 1 atom stereocenters. The summed E-state index contributed by atoms with van der Waals surface area (Å²) in [6, 6.07) is 0. The highest BCUT2D eigenvalue weighted by Gasteiger charge is 2.17. The summed E-state index contributed by atoms with van der Waals surface area (Å²) >= 11 is 0. The van der Waals surface area contributed by atoms with Crippen molar-refractivity contribution in [3.05, 3.63) is 0 Å². The quantitative estimate of drug-likeness (QED) is 0.797. The largest absolute Gasteiger partial charge is 0.356 e. The Balaban J connectivity index is 1.51. The maximum atomic E-state index is 11.8. The summed E-state index contributed by atoms with van der Waals surface area (Å²) in [6.45, 7) is 5.70. The summed E-state index contributed by atoms with van der Waals surface area (Å²) in [7, 11) is 2.18. The fraction of sp³-hybridized carbons (Fsp3) is 0.933. The molecule has 2 heterocycles. The molecule has 0 radical (unpaired) electrons. The fourth-order valence-corrected chi connectivity index (χ4v) is 3.06. The maximum absolute atomic E-state index is 11.8. The Morgan fingerprint density at radius 3 is 2.95 bits per heavy atom. The van der Waals surface area contributed by atoms with Crippen LogP contribution in [-0.4, -0.2) is 62.2 Å². The predicted octanol–water partition coefficient (Wildman–Crippen LogP) is 1.25. The van der Waals surface area contributed by atoms with Crippen molar-refractivity contribution in [2.24, 2.45) is 5.92 Å². The van der Waals surface area contributed by atoms with Crippen molar-refractivity contribution in [2.75, 3.05) is 46.4 Å². The minimum absolute atomic E-state index is 0.156. The van der Waals surface area contributed by atoms with Gasteiger partial charge in [0.1, 0.15) is 0 Å². The van der Waals surface area contributed by atoms with E-state index in [0.717, 1.165) is 45.0 Å². The van der Waals surface area contributed by atoms with Crippen LogP contribution in [0.2, 0.25) is 0 Å². The summed E-state index contributed by atoms with van der Waals surface area (Å²) in [6.07, 6.45) is 6.57. The van der Waals surface area contributed by atoms with Gasteiger partial charge in [-0.15, -0.1) is 0 Å². The van der Waals surface area contributed by atoms with Crippen molar-refractivity contribution < 1.29 is 9.63 Å². The molecular weight excluding hydrogens is 254 g/mol. The molecule has 2 fully saturated rings. The van der Waals surface area contributed by atoms with Crippen LogP contribution in [0.5, 0.6) is 0 Å². The third-order valence-corrected chi connectivity index (χ3v) is 4.26. The molecule has 1 N–H and O–H groups in total. The molecule has 0 spiro atoms. The number of hydroxylamine groups is 2. The number of piperidine rings is 1. The zero-order valence-corrected chi connectivity index (χ0v) is 12.8. The summed E-state index contributed by atoms with van der Waals surface area (Å²) in [4.78, 5) is 19.7. The van der Waals surface area contributed by atoms with E-state index < -0.39 is 0 Å². The molecule has 0 aromatic heterocycles. The first-order valence-corrected chi connectivity index (χ1v) is 8.07. The summed E-state index contributed by atoms with van der Waals surface area (Å²) < 4.78 is 0. The lowest BCUT2D eigenvalue weighted by Gasteiger charge is -2.29. The van der Waals surface area contributed by atoms with Gasteiger partial charge in [0.15, 0.2) is 0 Å². The second kappa shape index (κ2) is 8.60. The number of nitrogens with one attached hydrogen (secondary N) is 1. The lowest BCUT2D eigenvalue weighted by Crippen LogP contribution is -2.36. The van der Waals surface area contributed by atoms with Crippen LogP contribution in [-0.2, 0) is 9.63 Å². The molecule has 1 amide bonds. The van der Waals surface area contributed by atoms with Crippen molar-refractivity contribution >= 4 is 5.91 Å². The monoisotopic (exact) mass is 283 g/mol. The van der Waals surface area contributed by atoms with Gasteiger partial charge in [0.25, 0.3) is 0 Å². The first-order chi connectivity index (χ1) is 9.74. The van der Waals surface area contributed by atoms with Gasteiger partial charge in [0.2, 0.25) is 5.91 Å². The number of amides is 1. The number of rotatable bonds is 6. The summed E-state index contributed by atoms with van der Waals surface area (Å²) in [5.41, 5.74) is 0. The Kier molecular flexibility index (Phi) is 6.76. The Morgan fingerprint density at radius 1 is 1.30 bits per heavy atom. The number of nitrogens with zero attached hydrogens (tertiary/aromatic N) is 2. The molecule has 2 aliphatic heterocycles. The van der Waals surface area contributed by atoms with Gasteiger partial charge in [0.05, 0.1) is 6.61 Å². The van der Waals surface area contributed by atoms with Gasteiger partial charge in [0, 0.05) is 32.6 Å². The van der Waals surface area contributed by atoms with Crippen molar-refractivity contribution in [2.45, 2.75) is 38.5 Å². The number of hydrogen-bond donors (Lipinski definition) is 1. The molecule has 2 rings (SSSR count). The summed E-state index contributed by atoms with van der Waals surface area (Å²) in [5.74, 6) is 0.905. The number of hydrogen-bond acceptors (Lipinski definition) is 4. The maximum Gasteiger partial charge on any atom is 0.221 e. The van der Waals surface area contributed by atoms with E-state index in [1.54, 1.807) is 0 Å². The van der Waals surface area contributed by atoms with E-state index in [9.17, 15) is 4.79 Å². The first kappa shape index (κ1) is 15.7. The first-order valence-electron chi connectivity index (χ1n) is 8.07. The van der Waals surface area contributed by atoms with Gasteiger partial charge in [-0.1, -0.05) is 0 Å². The second-order valence-corrected chi connectivity index (χ2v) is 6.13. The third kappa shape index (κ3) is 5.77. The molecule has 0 aliphatic carbocycles. The molecule has 0 aromatic rings. The molecule has 2 saturated heterocycles. The molecule has 116 valence electrons. The average Bonchev–Trinajstić information content (AvgIpc) is 2.46. The highest BCUT2D eigenvalue weighted by atomic mass is 16.7. The van der Waals surface area contributed by atoms with E-state index in [-0.39, 0.29) is 5.91 Å². The van der Waals surface area contributed by atoms with Gasteiger partial charge in [-0.3, -0.25) is 9.63 Å². The van der Waals surface area contributed by atoms with E-state index in [2.05, 4.69) is 17.3 Å². The van der Waals surface area contributed by atoms with Gasteiger partial charge in [-0.05, 0) is 51.6 Å². The van der Waals surface area contributed by atoms with E-state index in [1.807, 2.05) is 5.06 Å². The van der Waals surface area contributed by atoms with Crippen LogP contribution in [0.3, 0.4) is 0 Å². The minimum atomic E-state index is 0.156. The molecular formula is C15H29N3O2. The topological polar surface area (TPSA) is 44.8 Å². The van der Waals surface area contributed by atoms with Crippen molar-refractivity contribution in [3.63, 3.8) is 0 Å². The van der Waals surface area contributed by atoms with Crippen LogP contribution >= 0.6 is 0 Å². The molecule has 2 aliphatic rings. The highest BCUT2D eigenvalue weighted by molar-refractivity contribution is 5.75. The fourth-order valence-electron chi connectivity index (χ4n) is 3.06. The zero-order valence-electron chi connectivity index (χ0n) is 12.8. The van der Waals surface area contributed by atoms with Crippen LogP contribution in [0, 0.1) is 5.92 Å². The Morgan fingerprint density at radius 2 is 2.20 bits per heavy atom. The van der Waals surface area contributed by atoms with Crippen molar-refractivity contribution in [1.82, 2.24) is 15.3 Å². The van der Waals surface area contributed by atoms with Gasteiger partial charge in [-0.25, -0.2) is 0 Å². The smallest absolute Gasteiger partial charge is 0.221 e. The molecule has 5 heteroatoms. The van der Waals surface area contributed by atoms with Crippen LogP contribution in [0.25, 0.3) is 0 Å². The number of carbonyl (C=O) groups excluding carboxylic acids is 1. The highest BCUT2D eigenvalue weighted by Crippen LogP contribution is 2.17. The Bertz CT molecular complexity index is 293. The third-order valence-electron chi connectivity index (χ3n) is 4.26. The molecule has 0 unspecified atom stereocenters. The van der Waals surface area contributed by atoms with E-state index >= 15 is 0 Å². The number of likely N-dealkylation sites (tertiary alicyclic amines) is 1. The molecule has 0 aromatic carbocycles. The van der Waals surface area contributed by atoms with Gasteiger partial charge in [-0.2, -0.15) is 5.06 Å². The SMILES string of the molecule is CN1CCC[C@H](CCNC(=O)CCN2CCCCO2)C1. The van der Waals surface area contributed by atoms with Gasteiger partial charge < -0.3 is 10.2 Å². The lowest BCUT2D eigenvalue weighted by atomic mass is 9.95. The Labute approximate surface area is 122 Å². The normalized spacial score (nSPS) is 25.6. The van der Waals surface area contributed by atoms with Crippen LogP contribution in [0.15, 0.2) is 0 Å². The minimum Gasteiger partial charge on any atom is -0.356 e. The van der Waals surface area contributed by atoms with E-state index in [0.29, 0.717) is 6.42 Å².